The fraction of sp³-hybridized carbons (Fsp3) is 0.417. The number of aryl methyl sites for hydroxylation is 2. The second-order valence-corrected chi connectivity index (χ2v) is 8.91. The van der Waals surface area contributed by atoms with Gasteiger partial charge in [-0.3, -0.25) is 4.79 Å². The van der Waals surface area contributed by atoms with Gasteiger partial charge in [0.2, 0.25) is 5.91 Å². The van der Waals surface area contributed by atoms with Crippen molar-refractivity contribution in [3.05, 3.63) is 68.7 Å². The first kappa shape index (κ1) is 23.6. The molecule has 1 aliphatic rings. The van der Waals surface area contributed by atoms with Crippen molar-refractivity contribution >= 4 is 35.1 Å². The maximum absolute atomic E-state index is 12.3. The standard InChI is InChI=1S/C24H27Cl2NO4/c1-15-3-5-18(11-20(15)25)24(19-6-4-16(2)21(26)12-19)17-7-9-27(10-8-17)22(28)13-31-14-23(29)30/h3-6,11-12,17,24H,7-10,13-14H2,1-2H3,(H,29,30). The Morgan fingerprint density at radius 2 is 1.52 bits per heavy atom. The number of aliphatic carboxylic acids is 1. The summed E-state index contributed by atoms with van der Waals surface area (Å²) in [5.41, 5.74) is 4.36. The highest BCUT2D eigenvalue weighted by Crippen LogP contribution is 2.40. The molecule has 0 bridgehead atoms. The van der Waals surface area contributed by atoms with Crippen molar-refractivity contribution in [1.82, 2.24) is 4.90 Å². The minimum Gasteiger partial charge on any atom is -0.480 e. The maximum atomic E-state index is 12.3. The maximum Gasteiger partial charge on any atom is 0.329 e. The zero-order valence-corrected chi connectivity index (χ0v) is 19.2. The minimum atomic E-state index is -1.08. The van der Waals surface area contributed by atoms with Gasteiger partial charge in [-0.1, -0.05) is 47.5 Å². The van der Waals surface area contributed by atoms with Crippen LogP contribution in [-0.2, 0) is 14.3 Å². The van der Waals surface area contributed by atoms with Crippen molar-refractivity contribution < 1.29 is 19.4 Å². The van der Waals surface area contributed by atoms with E-state index in [0.29, 0.717) is 19.0 Å². The Hall–Kier alpha value is -2.08. The lowest BCUT2D eigenvalue weighted by Crippen LogP contribution is -2.41. The normalized spacial score (nSPS) is 14.8. The number of piperidine rings is 1. The Bertz CT molecular complexity index is 903. The van der Waals surface area contributed by atoms with Crippen molar-refractivity contribution in [2.24, 2.45) is 5.92 Å². The van der Waals surface area contributed by atoms with E-state index in [0.717, 1.165) is 45.1 Å². The van der Waals surface area contributed by atoms with Gasteiger partial charge in [0.05, 0.1) is 0 Å². The Labute approximate surface area is 192 Å². The van der Waals surface area contributed by atoms with Crippen LogP contribution in [0.2, 0.25) is 10.0 Å². The molecule has 5 nitrogen and oxygen atoms in total. The SMILES string of the molecule is Cc1ccc(C(c2ccc(C)c(Cl)c2)C2CCN(C(=O)COCC(=O)O)CC2)cc1Cl. The van der Waals surface area contributed by atoms with E-state index in [2.05, 4.69) is 12.1 Å². The van der Waals surface area contributed by atoms with E-state index in [-0.39, 0.29) is 18.4 Å². The van der Waals surface area contributed by atoms with Gasteiger partial charge in [-0.15, -0.1) is 0 Å². The first-order chi connectivity index (χ1) is 14.8. The van der Waals surface area contributed by atoms with Crippen LogP contribution < -0.4 is 0 Å². The summed E-state index contributed by atoms with van der Waals surface area (Å²) in [6, 6.07) is 12.4. The van der Waals surface area contributed by atoms with E-state index in [1.807, 2.05) is 38.1 Å². The average molecular weight is 464 g/mol. The number of ether oxygens (including phenoxy) is 1. The van der Waals surface area contributed by atoms with Crippen molar-refractivity contribution in [1.29, 1.82) is 0 Å². The molecule has 3 rings (SSSR count). The van der Waals surface area contributed by atoms with Gasteiger partial charge in [0.15, 0.2) is 0 Å². The highest BCUT2D eigenvalue weighted by molar-refractivity contribution is 6.31. The van der Waals surface area contributed by atoms with Crippen LogP contribution in [0.5, 0.6) is 0 Å². The number of carbonyl (C=O) groups excluding carboxylic acids is 1. The van der Waals surface area contributed by atoms with Crippen LogP contribution in [0.3, 0.4) is 0 Å². The monoisotopic (exact) mass is 463 g/mol. The minimum absolute atomic E-state index is 0.122. The number of hydrogen-bond acceptors (Lipinski definition) is 3. The van der Waals surface area contributed by atoms with Crippen LogP contribution in [0.1, 0.15) is 41.0 Å². The number of carboxylic acids is 1. The fourth-order valence-corrected chi connectivity index (χ4v) is 4.52. The number of carboxylic acid groups (broad SMARTS) is 1. The molecule has 0 radical (unpaired) electrons. The van der Waals surface area contributed by atoms with Crippen LogP contribution in [0.15, 0.2) is 36.4 Å². The lowest BCUT2D eigenvalue weighted by molar-refractivity contribution is -0.146. The third-order valence-corrected chi connectivity index (χ3v) is 6.74. The third-order valence-electron chi connectivity index (χ3n) is 5.92. The molecule has 31 heavy (non-hydrogen) atoms. The quantitative estimate of drug-likeness (QED) is 0.621. The number of likely N-dealkylation sites (tertiary alicyclic amines) is 1. The summed E-state index contributed by atoms with van der Waals surface area (Å²) in [5.74, 6) is -0.811. The summed E-state index contributed by atoms with van der Waals surface area (Å²) < 4.78 is 4.95. The van der Waals surface area contributed by atoms with Crippen LogP contribution in [0.4, 0.5) is 0 Å². The van der Waals surface area contributed by atoms with Crippen LogP contribution in [0.25, 0.3) is 0 Å². The Kier molecular flexibility index (Phi) is 7.98. The fourth-order valence-electron chi connectivity index (χ4n) is 4.14. The van der Waals surface area contributed by atoms with E-state index in [1.54, 1.807) is 4.90 Å². The number of rotatable bonds is 7. The lowest BCUT2D eigenvalue weighted by atomic mass is 9.76. The van der Waals surface area contributed by atoms with E-state index in [9.17, 15) is 9.59 Å². The number of amides is 1. The molecular formula is C24H27Cl2NO4. The predicted octanol–water partition coefficient (Wildman–Crippen LogP) is 5.08. The first-order valence-electron chi connectivity index (χ1n) is 10.4. The molecule has 1 heterocycles. The summed E-state index contributed by atoms with van der Waals surface area (Å²) in [6.07, 6.45) is 1.65. The molecule has 2 aromatic rings. The van der Waals surface area contributed by atoms with Gasteiger partial charge in [-0.2, -0.15) is 0 Å². The molecule has 7 heteroatoms. The zero-order chi connectivity index (χ0) is 22.5. The summed E-state index contributed by atoms with van der Waals surface area (Å²) in [4.78, 5) is 24.6. The lowest BCUT2D eigenvalue weighted by Gasteiger charge is -2.37. The zero-order valence-electron chi connectivity index (χ0n) is 17.7. The van der Waals surface area contributed by atoms with Crippen LogP contribution >= 0.6 is 23.2 Å². The van der Waals surface area contributed by atoms with Gasteiger partial charge in [0.1, 0.15) is 13.2 Å². The highest BCUT2D eigenvalue weighted by Gasteiger charge is 2.31. The summed E-state index contributed by atoms with van der Waals surface area (Å²) >= 11 is 12.9. The van der Waals surface area contributed by atoms with Crippen LogP contribution in [0, 0.1) is 19.8 Å². The summed E-state index contributed by atoms with van der Waals surface area (Å²) in [5, 5.41) is 10.1. The van der Waals surface area contributed by atoms with Crippen molar-refractivity contribution in [3.63, 3.8) is 0 Å². The van der Waals surface area contributed by atoms with Crippen molar-refractivity contribution in [2.45, 2.75) is 32.6 Å². The molecule has 0 saturated carbocycles. The number of halogens is 2. The molecule has 1 fully saturated rings. The van der Waals surface area contributed by atoms with Gasteiger partial charge < -0.3 is 14.7 Å². The van der Waals surface area contributed by atoms with Crippen molar-refractivity contribution in [3.8, 4) is 0 Å². The highest BCUT2D eigenvalue weighted by atomic mass is 35.5. The third kappa shape index (κ3) is 6.00. The molecule has 1 aliphatic heterocycles. The molecule has 0 atom stereocenters. The summed E-state index contributed by atoms with van der Waals surface area (Å²) in [7, 11) is 0. The molecule has 166 valence electrons. The van der Waals surface area contributed by atoms with Gasteiger partial charge in [-0.25, -0.2) is 4.79 Å². The van der Waals surface area contributed by atoms with E-state index >= 15 is 0 Å². The Balaban J connectivity index is 1.77. The Morgan fingerprint density at radius 3 is 1.97 bits per heavy atom. The topological polar surface area (TPSA) is 66.8 Å². The number of nitrogens with zero attached hydrogens (tertiary/aromatic N) is 1. The molecule has 0 aromatic heterocycles. The molecule has 1 amide bonds. The smallest absolute Gasteiger partial charge is 0.329 e. The molecule has 1 saturated heterocycles. The molecule has 1 N–H and O–H groups in total. The summed E-state index contributed by atoms with van der Waals surface area (Å²) in [6.45, 7) is 4.51. The molecule has 2 aromatic carbocycles. The molecule has 0 spiro atoms. The van der Waals surface area contributed by atoms with E-state index in [4.69, 9.17) is 33.0 Å². The van der Waals surface area contributed by atoms with Gasteiger partial charge >= 0.3 is 5.97 Å². The van der Waals surface area contributed by atoms with Crippen molar-refractivity contribution in [2.75, 3.05) is 26.3 Å². The first-order valence-corrected chi connectivity index (χ1v) is 11.1. The second kappa shape index (κ2) is 10.5. The van der Waals surface area contributed by atoms with E-state index < -0.39 is 12.6 Å². The number of benzene rings is 2. The predicted molar refractivity (Wildman–Crippen MR) is 122 cm³/mol. The van der Waals surface area contributed by atoms with E-state index in [1.165, 1.54) is 0 Å². The van der Waals surface area contributed by atoms with Crippen LogP contribution in [-0.4, -0.2) is 48.2 Å². The largest absolute Gasteiger partial charge is 0.480 e. The number of carbonyl (C=O) groups is 2. The molecule has 0 aliphatic carbocycles. The molecule has 0 unspecified atom stereocenters. The van der Waals surface area contributed by atoms with Gasteiger partial charge in [0.25, 0.3) is 0 Å². The molecular weight excluding hydrogens is 437 g/mol. The van der Waals surface area contributed by atoms with Gasteiger partial charge in [-0.05, 0) is 67.0 Å². The second-order valence-electron chi connectivity index (χ2n) is 8.10. The number of hydrogen-bond donors (Lipinski definition) is 1. The Morgan fingerprint density at radius 1 is 1.00 bits per heavy atom. The average Bonchev–Trinajstić information content (AvgIpc) is 2.73. The van der Waals surface area contributed by atoms with Gasteiger partial charge in [0, 0.05) is 29.1 Å².